The summed E-state index contributed by atoms with van der Waals surface area (Å²) in [6.45, 7) is 0. The van der Waals surface area contributed by atoms with Crippen LogP contribution in [-0.2, 0) is 11.2 Å². The number of aromatic nitrogens is 4. The van der Waals surface area contributed by atoms with E-state index in [1.54, 1.807) is 18.2 Å². The number of hydrogen-bond donors (Lipinski definition) is 1. The number of carbonyl (C=O) groups excluding carboxylic acids is 1. The number of hydrogen-bond acceptors (Lipinski definition) is 5. The fraction of sp³-hybridized carbons (Fsp3) is 0.333. The highest BCUT2D eigenvalue weighted by Crippen LogP contribution is 2.39. The summed E-state index contributed by atoms with van der Waals surface area (Å²) in [5, 5.41) is 17.5. The predicted octanol–water partition coefficient (Wildman–Crippen LogP) is 3.94. The molecule has 6 nitrogen and oxygen atoms in total. The van der Waals surface area contributed by atoms with Gasteiger partial charge in [-0.2, -0.15) is 9.61 Å². The van der Waals surface area contributed by atoms with Gasteiger partial charge in [0, 0.05) is 23.8 Å². The maximum atomic E-state index is 12.1. The second-order valence-corrected chi connectivity index (χ2v) is 7.58. The molecule has 0 radical (unpaired) electrons. The first-order valence-corrected chi connectivity index (χ1v) is 9.13. The van der Waals surface area contributed by atoms with Gasteiger partial charge in [0.2, 0.25) is 10.9 Å². The van der Waals surface area contributed by atoms with Crippen molar-refractivity contribution in [3.05, 3.63) is 39.1 Å². The van der Waals surface area contributed by atoms with Crippen molar-refractivity contribution in [1.29, 1.82) is 0 Å². The number of benzene rings is 1. The van der Waals surface area contributed by atoms with Gasteiger partial charge in [-0.05, 0) is 31.0 Å². The van der Waals surface area contributed by atoms with E-state index >= 15 is 0 Å². The molecule has 0 spiro atoms. The minimum atomic E-state index is -0.132. The van der Waals surface area contributed by atoms with Gasteiger partial charge in [-0.25, -0.2) is 0 Å². The predicted molar refractivity (Wildman–Crippen MR) is 94.0 cm³/mol. The largest absolute Gasteiger partial charge is 0.325 e. The number of rotatable bonds is 5. The van der Waals surface area contributed by atoms with E-state index in [-0.39, 0.29) is 5.91 Å². The van der Waals surface area contributed by atoms with E-state index in [0.29, 0.717) is 34.5 Å². The zero-order valence-corrected chi connectivity index (χ0v) is 14.8. The molecular weight excluding hydrogens is 369 g/mol. The van der Waals surface area contributed by atoms with Crippen molar-refractivity contribution in [1.82, 2.24) is 19.8 Å². The fourth-order valence-corrected chi connectivity index (χ4v) is 3.57. The van der Waals surface area contributed by atoms with E-state index in [1.165, 1.54) is 11.3 Å². The molecule has 9 heteroatoms. The minimum absolute atomic E-state index is 0.132. The number of amides is 1. The highest BCUT2D eigenvalue weighted by Gasteiger charge is 2.30. The summed E-state index contributed by atoms with van der Waals surface area (Å²) in [7, 11) is 0. The van der Waals surface area contributed by atoms with Crippen molar-refractivity contribution in [2.45, 2.75) is 31.6 Å². The van der Waals surface area contributed by atoms with Crippen LogP contribution in [0, 0.1) is 0 Å². The van der Waals surface area contributed by atoms with Crippen LogP contribution < -0.4 is 5.32 Å². The van der Waals surface area contributed by atoms with Crippen LogP contribution in [0.3, 0.4) is 0 Å². The molecule has 1 fully saturated rings. The van der Waals surface area contributed by atoms with E-state index in [2.05, 4.69) is 20.6 Å². The lowest BCUT2D eigenvalue weighted by atomic mass is 10.2. The summed E-state index contributed by atoms with van der Waals surface area (Å²) in [6.07, 6.45) is 3.15. The molecule has 1 amide bonds. The number of carbonyl (C=O) groups is 1. The average molecular weight is 382 g/mol. The van der Waals surface area contributed by atoms with E-state index in [0.717, 1.165) is 28.6 Å². The van der Waals surface area contributed by atoms with Crippen LogP contribution in [0.15, 0.2) is 18.2 Å². The Kier molecular flexibility index (Phi) is 4.15. The maximum Gasteiger partial charge on any atom is 0.234 e. The first-order valence-electron chi connectivity index (χ1n) is 7.56. The van der Waals surface area contributed by atoms with Crippen molar-refractivity contribution in [2.24, 2.45) is 0 Å². The SMILES string of the molecule is O=C(CCc1nn2c(C3CC3)nnc2s1)Nc1cc(Cl)ccc1Cl. The molecule has 2 heterocycles. The van der Waals surface area contributed by atoms with Crippen LogP contribution in [0.2, 0.25) is 10.0 Å². The third-order valence-corrected chi connectivity index (χ3v) is 5.29. The second kappa shape index (κ2) is 6.31. The van der Waals surface area contributed by atoms with Gasteiger partial charge in [0.05, 0.1) is 10.7 Å². The van der Waals surface area contributed by atoms with E-state index < -0.39 is 0 Å². The molecular formula is C15H13Cl2N5OS. The number of halogens is 2. The molecule has 2 aromatic heterocycles. The third-order valence-electron chi connectivity index (χ3n) is 3.77. The third kappa shape index (κ3) is 3.24. The van der Waals surface area contributed by atoms with Crippen molar-refractivity contribution in [3.63, 3.8) is 0 Å². The van der Waals surface area contributed by atoms with Gasteiger partial charge in [-0.3, -0.25) is 4.79 Å². The van der Waals surface area contributed by atoms with E-state index in [9.17, 15) is 4.79 Å². The van der Waals surface area contributed by atoms with Gasteiger partial charge in [-0.1, -0.05) is 34.5 Å². The molecule has 0 saturated heterocycles. The molecule has 0 bridgehead atoms. The lowest BCUT2D eigenvalue weighted by Crippen LogP contribution is -2.12. The zero-order valence-electron chi connectivity index (χ0n) is 12.5. The molecule has 0 aliphatic heterocycles. The molecule has 24 heavy (non-hydrogen) atoms. The van der Waals surface area contributed by atoms with Gasteiger partial charge >= 0.3 is 0 Å². The topological polar surface area (TPSA) is 72.2 Å². The number of nitrogens with one attached hydrogen (secondary N) is 1. The fourth-order valence-electron chi connectivity index (χ4n) is 2.40. The Morgan fingerprint density at radius 2 is 2.17 bits per heavy atom. The van der Waals surface area contributed by atoms with E-state index in [1.807, 2.05) is 4.52 Å². The Balaban J connectivity index is 1.41. The number of fused-ring (bicyclic) bond motifs is 1. The van der Waals surface area contributed by atoms with Crippen molar-refractivity contribution in [3.8, 4) is 0 Å². The Morgan fingerprint density at radius 3 is 2.96 bits per heavy atom. The quantitative estimate of drug-likeness (QED) is 0.726. The van der Waals surface area contributed by atoms with Crippen LogP contribution in [-0.4, -0.2) is 25.7 Å². The summed E-state index contributed by atoms with van der Waals surface area (Å²) >= 11 is 13.4. The van der Waals surface area contributed by atoms with Crippen molar-refractivity contribution in [2.75, 3.05) is 5.32 Å². The molecule has 1 aliphatic carbocycles. The van der Waals surface area contributed by atoms with Crippen LogP contribution >= 0.6 is 34.5 Å². The number of nitrogens with zero attached hydrogens (tertiary/aromatic N) is 4. The van der Waals surface area contributed by atoms with Crippen molar-refractivity contribution < 1.29 is 4.79 Å². The molecule has 1 N–H and O–H groups in total. The standard InChI is InChI=1S/C15H13Cl2N5OS/c16-9-3-4-10(17)11(7-9)18-12(23)5-6-13-21-22-14(8-1-2-8)19-20-15(22)24-13/h3-4,7-8H,1-2,5-6H2,(H,18,23). The summed E-state index contributed by atoms with van der Waals surface area (Å²) in [4.78, 5) is 12.9. The Hall–Kier alpha value is -1.70. The zero-order chi connectivity index (χ0) is 16.7. The van der Waals surface area contributed by atoms with Crippen LogP contribution in [0.5, 0.6) is 0 Å². The van der Waals surface area contributed by atoms with Gasteiger partial charge in [0.15, 0.2) is 5.82 Å². The molecule has 1 aromatic carbocycles. The summed E-state index contributed by atoms with van der Waals surface area (Å²) in [5.74, 6) is 1.29. The van der Waals surface area contributed by atoms with Crippen LogP contribution in [0.1, 0.15) is 36.0 Å². The Bertz CT molecular complexity index is 918. The molecule has 1 saturated carbocycles. The second-order valence-electron chi connectivity index (χ2n) is 5.69. The lowest BCUT2D eigenvalue weighted by molar-refractivity contribution is -0.116. The normalized spacial score (nSPS) is 14.2. The molecule has 3 aromatic rings. The van der Waals surface area contributed by atoms with E-state index in [4.69, 9.17) is 23.2 Å². The Morgan fingerprint density at radius 1 is 1.33 bits per heavy atom. The first-order chi connectivity index (χ1) is 11.6. The Labute approximate surface area is 151 Å². The minimum Gasteiger partial charge on any atom is -0.325 e. The summed E-state index contributed by atoms with van der Waals surface area (Å²) < 4.78 is 1.81. The molecule has 124 valence electrons. The highest BCUT2D eigenvalue weighted by atomic mass is 35.5. The van der Waals surface area contributed by atoms with Gasteiger partial charge in [-0.15, -0.1) is 10.2 Å². The summed E-state index contributed by atoms with van der Waals surface area (Å²) in [6, 6.07) is 4.96. The number of aryl methyl sites for hydroxylation is 1. The maximum absolute atomic E-state index is 12.1. The van der Waals surface area contributed by atoms with Crippen LogP contribution in [0.25, 0.3) is 4.96 Å². The van der Waals surface area contributed by atoms with Gasteiger partial charge < -0.3 is 5.32 Å². The molecule has 1 aliphatic rings. The number of anilines is 1. The molecule has 4 rings (SSSR count). The highest BCUT2D eigenvalue weighted by molar-refractivity contribution is 7.16. The molecule has 0 atom stereocenters. The molecule has 0 unspecified atom stereocenters. The monoisotopic (exact) mass is 381 g/mol. The lowest BCUT2D eigenvalue weighted by Gasteiger charge is -2.06. The van der Waals surface area contributed by atoms with Gasteiger partial charge in [0.25, 0.3) is 0 Å². The van der Waals surface area contributed by atoms with Gasteiger partial charge in [0.1, 0.15) is 5.01 Å². The van der Waals surface area contributed by atoms with Crippen molar-refractivity contribution >= 4 is 51.1 Å². The first kappa shape index (κ1) is 15.8. The smallest absolute Gasteiger partial charge is 0.234 e. The van der Waals surface area contributed by atoms with Crippen LogP contribution in [0.4, 0.5) is 5.69 Å². The average Bonchev–Trinajstić information content (AvgIpc) is 3.18. The summed E-state index contributed by atoms with van der Waals surface area (Å²) in [5.41, 5.74) is 0.517.